The number of ether oxygens (including phenoxy) is 2. The van der Waals surface area contributed by atoms with E-state index in [0.717, 1.165) is 6.42 Å². The van der Waals surface area contributed by atoms with Gasteiger partial charge in [0.15, 0.2) is 0 Å². The van der Waals surface area contributed by atoms with E-state index >= 15 is 0 Å². The first-order chi connectivity index (χ1) is 8.01. The predicted molar refractivity (Wildman–Crippen MR) is 65.9 cm³/mol. The van der Waals surface area contributed by atoms with Crippen molar-refractivity contribution in [2.75, 3.05) is 33.5 Å². The van der Waals surface area contributed by atoms with Crippen molar-refractivity contribution in [1.82, 2.24) is 0 Å². The maximum absolute atomic E-state index is 11.3. The maximum Gasteiger partial charge on any atom is 0.311 e. The van der Waals surface area contributed by atoms with Crippen LogP contribution in [0.2, 0.25) is 0 Å². The van der Waals surface area contributed by atoms with Gasteiger partial charge in [0.05, 0.1) is 5.41 Å². The number of nitrogens with two attached hydrogens (primary N) is 1. The fourth-order valence-electron chi connectivity index (χ4n) is 1.73. The van der Waals surface area contributed by atoms with E-state index in [9.17, 15) is 9.90 Å². The van der Waals surface area contributed by atoms with Crippen LogP contribution >= 0.6 is 0 Å². The summed E-state index contributed by atoms with van der Waals surface area (Å²) in [6.45, 7) is 5.57. The van der Waals surface area contributed by atoms with Crippen LogP contribution in [-0.4, -0.2) is 44.6 Å². The second kappa shape index (κ2) is 8.44. The lowest BCUT2D eigenvalue weighted by Crippen LogP contribution is -2.44. The van der Waals surface area contributed by atoms with Crippen molar-refractivity contribution in [1.29, 1.82) is 0 Å². The minimum Gasteiger partial charge on any atom is -0.481 e. The molecule has 102 valence electrons. The zero-order chi connectivity index (χ0) is 13.3. The summed E-state index contributed by atoms with van der Waals surface area (Å²) < 4.78 is 10.3. The van der Waals surface area contributed by atoms with Gasteiger partial charge in [-0.05, 0) is 18.8 Å². The monoisotopic (exact) mass is 247 g/mol. The number of rotatable bonds is 10. The van der Waals surface area contributed by atoms with E-state index in [1.807, 2.05) is 13.8 Å². The number of carbonyl (C=O) groups is 1. The van der Waals surface area contributed by atoms with Gasteiger partial charge in [-0.25, -0.2) is 0 Å². The van der Waals surface area contributed by atoms with Gasteiger partial charge >= 0.3 is 5.97 Å². The average molecular weight is 247 g/mol. The number of carboxylic acids is 1. The van der Waals surface area contributed by atoms with Crippen LogP contribution in [0.15, 0.2) is 0 Å². The highest BCUT2D eigenvalue weighted by molar-refractivity contribution is 5.75. The van der Waals surface area contributed by atoms with Gasteiger partial charge in [-0.15, -0.1) is 0 Å². The van der Waals surface area contributed by atoms with Crippen LogP contribution in [0.3, 0.4) is 0 Å². The predicted octanol–water partition coefficient (Wildman–Crippen LogP) is 1.12. The molecule has 0 saturated carbocycles. The maximum atomic E-state index is 11.3. The Balaban J connectivity index is 4.06. The Morgan fingerprint density at radius 2 is 2.00 bits per heavy atom. The highest BCUT2D eigenvalue weighted by Gasteiger charge is 2.39. The Bertz CT molecular complexity index is 221. The minimum absolute atomic E-state index is 0.00687. The van der Waals surface area contributed by atoms with Crippen LogP contribution < -0.4 is 5.73 Å². The van der Waals surface area contributed by atoms with E-state index < -0.39 is 11.4 Å². The largest absolute Gasteiger partial charge is 0.481 e. The molecular formula is C12H25NO4. The fourth-order valence-corrected chi connectivity index (χ4v) is 1.73. The highest BCUT2D eigenvalue weighted by Crippen LogP contribution is 2.30. The van der Waals surface area contributed by atoms with Gasteiger partial charge in [-0.3, -0.25) is 4.79 Å². The van der Waals surface area contributed by atoms with E-state index in [1.54, 1.807) is 7.11 Å². The van der Waals surface area contributed by atoms with E-state index in [1.165, 1.54) is 0 Å². The average Bonchev–Trinajstić information content (AvgIpc) is 2.27. The summed E-state index contributed by atoms with van der Waals surface area (Å²) in [5.74, 6) is -0.844. The Morgan fingerprint density at radius 3 is 2.41 bits per heavy atom. The molecule has 0 spiro atoms. The van der Waals surface area contributed by atoms with Crippen molar-refractivity contribution in [3.8, 4) is 0 Å². The standard InChI is InChI=1S/C12H25NO4/c1-10(2)12(9-13,11(14)15)5-8-17-7-4-6-16-3/h10H,4-9,13H2,1-3H3,(H,14,15). The van der Waals surface area contributed by atoms with Gasteiger partial charge in [0.1, 0.15) is 0 Å². The number of hydrogen-bond donors (Lipinski definition) is 2. The summed E-state index contributed by atoms with van der Waals surface area (Å²) >= 11 is 0. The third-order valence-electron chi connectivity index (χ3n) is 3.22. The van der Waals surface area contributed by atoms with Crippen LogP contribution in [0.1, 0.15) is 26.7 Å². The summed E-state index contributed by atoms with van der Waals surface area (Å²) in [5.41, 5.74) is 4.74. The van der Waals surface area contributed by atoms with Crippen molar-refractivity contribution in [3.05, 3.63) is 0 Å². The number of aliphatic carboxylic acids is 1. The summed E-state index contributed by atoms with van der Waals surface area (Å²) in [6.07, 6.45) is 1.27. The summed E-state index contributed by atoms with van der Waals surface area (Å²) in [6, 6.07) is 0. The molecule has 0 bridgehead atoms. The lowest BCUT2D eigenvalue weighted by molar-refractivity contribution is -0.152. The molecule has 0 aliphatic rings. The molecule has 0 aromatic carbocycles. The molecule has 0 aromatic heterocycles. The summed E-state index contributed by atoms with van der Waals surface area (Å²) in [7, 11) is 1.64. The summed E-state index contributed by atoms with van der Waals surface area (Å²) in [4.78, 5) is 11.3. The van der Waals surface area contributed by atoms with Crippen LogP contribution in [0.5, 0.6) is 0 Å². The van der Waals surface area contributed by atoms with E-state index in [2.05, 4.69) is 0 Å². The van der Waals surface area contributed by atoms with Crippen LogP contribution in [0.4, 0.5) is 0 Å². The molecule has 0 saturated heterocycles. The zero-order valence-corrected chi connectivity index (χ0v) is 11.1. The third kappa shape index (κ3) is 5.02. The molecule has 0 rings (SSSR count). The Labute approximate surface area is 103 Å². The second-order valence-electron chi connectivity index (χ2n) is 4.53. The molecule has 3 N–H and O–H groups in total. The molecule has 0 fully saturated rings. The van der Waals surface area contributed by atoms with Crippen molar-refractivity contribution >= 4 is 5.97 Å². The number of methoxy groups -OCH3 is 1. The lowest BCUT2D eigenvalue weighted by Gasteiger charge is -2.31. The second-order valence-corrected chi connectivity index (χ2v) is 4.53. The molecule has 5 nitrogen and oxygen atoms in total. The molecule has 0 aliphatic heterocycles. The van der Waals surface area contributed by atoms with Crippen LogP contribution in [0.25, 0.3) is 0 Å². The van der Waals surface area contributed by atoms with Crippen molar-refractivity contribution in [2.24, 2.45) is 17.1 Å². The van der Waals surface area contributed by atoms with Crippen LogP contribution in [-0.2, 0) is 14.3 Å². The van der Waals surface area contributed by atoms with Gasteiger partial charge in [0.2, 0.25) is 0 Å². The minimum atomic E-state index is -0.874. The van der Waals surface area contributed by atoms with Gasteiger partial charge < -0.3 is 20.3 Å². The molecule has 5 heteroatoms. The Hall–Kier alpha value is -0.650. The summed E-state index contributed by atoms with van der Waals surface area (Å²) in [5, 5.41) is 9.28. The molecule has 17 heavy (non-hydrogen) atoms. The molecule has 0 amide bonds. The molecular weight excluding hydrogens is 222 g/mol. The van der Waals surface area contributed by atoms with Gasteiger partial charge in [0, 0.05) is 33.5 Å². The third-order valence-corrected chi connectivity index (χ3v) is 3.22. The van der Waals surface area contributed by atoms with Crippen molar-refractivity contribution in [2.45, 2.75) is 26.7 Å². The van der Waals surface area contributed by atoms with Crippen molar-refractivity contribution < 1.29 is 19.4 Å². The smallest absolute Gasteiger partial charge is 0.311 e. The van der Waals surface area contributed by atoms with Crippen molar-refractivity contribution in [3.63, 3.8) is 0 Å². The van der Waals surface area contributed by atoms with E-state index in [-0.39, 0.29) is 12.5 Å². The van der Waals surface area contributed by atoms with Crippen LogP contribution in [0, 0.1) is 11.3 Å². The molecule has 0 aliphatic carbocycles. The Kier molecular flexibility index (Phi) is 8.12. The molecule has 1 atom stereocenters. The normalized spacial score (nSPS) is 14.9. The van der Waals surface area contributed by atoms with E-state index in [0.29, 0.717) is 26.2 Å². The van der Waals surface area contributed by atoms with Gasteiger partial charge in [0.25, 0.3) is 0 Å². The topological polar surface area (TPSA) is 81.8 Å². The molecule has 0 heterocycles. The first-order valence-corrected chi connectivity index (χ1v) is 6.01. The lowest BCUT2D eigenvalue weighted by atomic mass is 9.75. The quantitative estimate of drug-likeness (QED) is 0.565. The molecule has 0 aromatic rings. The SMILES string of the molecule is COCCCOCCC(CN)(C(=O)O)C(C)C. The zero-order valence-electron chi connectivity index (χ0n) is 11.1. The highest BCUT2D eigenvalue weighted by atomic mass is 16.5. The molecule has 0 radical (unpaired) electrons. The first kappa shape index (κ1) is 16.4. The fraction of sp³-hybridized carbons (Fsp3) is 0.917. The number of carboxylic acid groups (broad SMARTS) is 1. The van der Waals surface area contributed by atoms with E-state index in [4.69, 9.17) is 15.2 Å². The first-order valence-electron chi connectivity index (χ1n) is 6.01. The Morgan fingerprint density at radius 1 is 1.35 bits per heavy atom. The van der Waals surface area contributed by atoms with Gasteiger partial charge in [-0.2, -0.15) is 0 Å². The van der Waals surface area contributed by atoms with Gasteiger partial charge in [-0.1, -0.05) is 13.8 Å². The molecule has 1 unspecified atom stereocenters. The number of hydrogen-bond acceptors (Lipinski definition) is 4.